The molecule has 6 heterocycles. The smallest absolute Gasteiger partial charge is 0.307 e. The molecule has 6 rings (SSSR count). The fraction of sp³-hybridized carbons (Fsp3) is 0.458. The fourth-order valence-electron chi connectivity index (χ4n) is 7.83. The van der Waals surface area contributed by atoms with Crippen molar-refractivity contribution in [3.05, 3.63) is 92.3 Å². The molecule has 68 heavy (non-hydrogen) atoms. The average molecular weight is 1110 g/mol. The van der Waals surface area contributed by atoms with E-state index in [9.17, 15) is 34.5 Å². The molecular formula is C48H66N12O7Os. The molecule has 368 valence electrons. The van der Waals surface area contributed by atoms with Crippen molar-refractivity contribution in [2.45, 2.75) is 66.2 Å². The summed E-state index contributed by atoms with van der Waals surface area (Å²) >= 11 is 0. The molecule has 19 nitrogen and oxygen atoms in total. The average Bonchev–Trinajstić information content (AvgIpc) is 4.13. The van der Waals surface area contributed by atoms with Crippen LogP contribution in [0.5, 0.6) is 0 Å². The van der Waals surface area contributed by atoms with Gasteiger partial charge in [-0.3, -0.25) is 29.1 Å². The molecule has 0 bridgehead atoms. The molecular weight excluding hydrogens is 1050 g/mol. The van der Waals surface area contributed by atoms with Crippen LogP contribution in [0.25, 0.3) is 34.7 Å². The van der Waals surface area contributed by atoms with Gasteiger partial charge >= 0.3 is 17.9 Å². The van der Waals surface area contributed by atoms with E-state index in [1.807, 2.05) is 115 Å². The van der Waals surface area contributed by atoms with Crippen LogP contribution in [0.4, 0.5) is 5.69 Å². The SMILES string of the molecule is CCC(C)C(C(=O)NCCCCCCNc1ccnc(-c2ccccn2)c1)C(CC(C)C(C(=O)O)C(C)C(=O)O)C(=O)O.Cn1ccnc1-c1nccn1C.Cn1ccnc1-c1nccn1C.[Os]. The van der Waals surface area contributed by atoms with E-state index < -0.39 is 47.5 Å². The van der Waals surface area contributed by atoms with Gasteiger partial charge in [0.05, 0.1) is 35.1 Å². The van der Waals surface area contributed by atoms with Gasteiger partial charge in [0, 0.05) is 129 Å². The summed E-state index contributed by atoms with van der Waals surface area (Å²) in [6.07, 6.45) is 22.1. The molecule has 0 aliphatic rings. The number of hydrogen-bond acceptors (Lipinski definition) is 11. The molecule has 0 aliphatic carbocycles. The molecule has 0 aromatic carbocycles. The minimum Gasteiger partial charge on any atom is -0.481 e. The van der Waals surface area contributed by atoms with E-state index >= 15 is 0 Å². The summed E-state index contributed by atoms with van der Waals surface area (Å²) in [4.78, 5) is 74.4. The van der Waals surface area contributed by atoms with E-state index in [-0.39, 0.29) is 38.0 Å². The van der Waals surface area contributed by atoms with Crippen molar-refractivity contribution in [3.63, 3.8) is 0 Å². The van der Waals surface area contributed by atoms with Crippen LogP contribution >= 0.6 is 0 Å². The molecule has 0 spiro atoms. The quantitative estimate of drug-likeness (QED) is 0.0445. The number of nitrogens with one attached hydrogen (secondary N) is 2. The summed E-state index contributed by atoms with van der Waals surface area (Å²) in [6.45, 7) is 7.73. The van der Waals surface area contributed by atoms with Crippen LogP contribution in [0, 0.1) is 35.5 Å². The first-order chi connectivity index (χ1) is 32.0. The first-order valence-electron chi connectivity index (χ1n) is 22.5. The summed E-state index contributed by atoms with van der Waals surface area (Å²) in [6, 6.07) is 9.57. The van der Waals surface area contributed by atoms with E-state index in [0.717, 1.165) is 72.6 Å². The van der Waals surface area contributed by atoms with Crippen molar-refractivity contribution in [1.82, 2.24) is 53.5 Å². The summed E-state index contributed by atoms with van der Waals surface area (Å²) in [5, 5.41) is 35.4. The van der Waals surface area contributed by atoms with E-state index in [1.165, 1.54) is 6.92 Å². The minimum atomic E-state index is -1.29. The standard InChI is InChI=1S/C32H46N4O7.2C8H10N4.Os/c1-5-20(2)28(24(31(40)41)18-21(3)27(32(42)43)22(4)30(38)39)29(37)36-16-10-7-6-9-14-33-23-13-17-35-26(19-23)25-12-8-11-15-34-25;2*1-11-5-3-9-7(11)8-10-4-6-12(8)2;/h8,11-13,15,17,19-22,24,27-28H,5-7,9-10,14,16,18H2,1-4H3,(H,33,35)(H,36,37)(H,38,39)(H,40,41)(H,42,43);2*3-6H,1-2H3;. The number of aromatic nitrogens is 10. The van der Waals surface area contributed by atoms with Crippen molar-refractivity contribution >= 4 is 29.5 Å². The maximum Gasteiger partial charge on any atom is 0.307 e. The normalized spacial score (nSPS) is 13.4. The van der Waals surface area contributed by atoms with Crippen molar-refractivity contribution in [2.75, 3.05) is 18.4 Å². The predicted octanol–water partition coefficient (Wildman–Crippen LogP) is 6.68. The van der Waals surface area contributed by atoms with Gasteiger partial charge in [-0.2, -0.15) is 0 Å². The van der Waals surface area contributed by atoms with E-state index in [4.69, 9.17) is 0 Å². The largest absolute Gasteiger partial charge is 0.481 e. The number of nitrogens with zero attached hydrogens (tertiary/aromatic N) is 10. The molecule has 1 amide bonds. The number of pyridine rings is 2. The van der Waals surface area contributed by atoms with E-state index in [0.29, 0.717) is 13.0 Å². The molecule has 20 heteroatoms. The molecule has 0 aliphatic heterocycles. The Morgan fingerprint density at radius 2 is 1.07 bits per heavy atom. The Morgan fingerprint density at radius 1 is 0.574 bits per heavy atom. The Morgan fingerprint density at radius 3 is 1.49 bits per heavy atom. The van der Waals surface area contributed by atoms with E-state index in [1.54, 1.807) is 44.1 Å². The Balaban J connectivity index is 0.000000389. The van der Waals surface area contributed by atoms with Gasteiger partial charge in [-0.25, -0.2) is 19.9 Å². The number of aliphatic carboxylic acids is 3. The molecule has 5 N–H and O–H groups in total. The zero-order valence-corrected chi connectivity index (χ0v) is 42.6. The number of unbranched alkanes of at least 4 members (excludes halogenated alkanes) is 3. The second-order valence-electron chi connectivity index (χ2n) is 16.8. The molecule has 0 radical (unpaired) electrons. The summed E-state index contributed by atoms with van der Waals surface area (Å²) in [5.41, 5.74) is 2.58. The number of carbonyl (C=O) groups is 4. The van der Waals surface area contributed by atoms with Gasteiger partial charge < -0.3 is 44.2 Å². The minimum absolute atomic E-state index is 0. The number of anilines is 1. The molecule has 6 unspecified atom stereocenters. The maximum absolute atomic E-state index is 13.2. The van der Waals surface area contributed by atoms with Crippen LogP contribution in [-0.4, -0.2) is 100 Å². The number of amides is 1. The summed E-state index contributed by atoms with van der Waals surface area (Å²) < 4.78 is 7.79. The third kappa shape index (κ3) is 16.1. The van der Waals surface area contributed by atoms with Crippen LogP contribution in [-0.2, 0) is 67.2 Å². The summed E-state index contributed by atoms with van der Waals surface area (Å²) in [5.74, 6) is -6.01. The van der Waals surface area contributed by atoms with Gasteiger partial charge in [0.25, 0.3) is 0 Å². The first-order valence-corrected chi connectivity index (χ1v) is 22.5. The number of imidazole rings is 4. The Labute approximate surface area is 411 Å². The van der Waals surface area contributed by atoms with Crippen LogP contribution in [0.3, 0.4) is 0 Å². The third-order valence-corrected chi connectivity index (χ3v) is 11.9. The topological polar surface area (TPSA) is 250 Å². The number of carboxylic acids is 3. The van der Waals surface area contributed by atoms with Gasteiger partial charge in [-0.15, -0.1) is 0 Å². The molecule has 6 aromatic rings. The van der Waals surface area contributed by atoms with Gasteiger partial charge in [0.15, 0.2) is 23.3 Å². The van der Waals surface area contributed by atoms with Crippen LogP contribution in [0.15, 0.2) is 92.3 Å². The third-order valence-electron chi connectivity index (χ3n) is 11.9. The molecule has 0 saturated carbocycles. The number of rotatable bonds is 22. The number of carbonyl (C=O) groups excluding carboxylic acids is 1. The van der Waals surface area contributed by atoms with Gasteiger partial charge in [-0.05, 0) is 55.4 Å². The number of carboxylic acid groups (broad SMARTS) is 3. The first kappa shape index (κ1) is 55.8. The fourth-order valence-corrected chi connectivity index (χ4v) is 7.83. The second-order valence-corrected chi connectivity index (χ2v) is 16.8. The Hall–Kier alpha value is -6.54. The Kier molecular flexibility index (Phi) is 22.9. The molecule has 6 atom stereocenters. The molecule has 0 saturated heterocycles. The second kappa shape index (κ2) is 27.9. The van der Waals surface area contributed by atoms with Crippen molar-refractivity contribution in [3.8, 4) is 34.7 Å². The van der Waals surface area contributed by atoms with Crippen molar-refractivity contribution in [2.24, 2.45) is 63.7 Å². The van der Waals surface area contributed by atoms with Crippen LogP contribution in [0.2, 0.25) is 0 Å². The predicted molar refractivity (Wildman–Crippen MR) is 254 cm³/mol. The number of aryl methyl sites for hydroxylation is 4. The van der Waals surface area contributed by atoms with Gasteiger partial charge in [0.1, 0.15) is 0 Å². The molecule has 0 fully saturated rings. The van der Waals surface area contributed by atoms with E-state index in [2.05, 4.69) is 40.5 Å². The molecule has 6 aromatic heterocycles. The monoisotopic (exact) mass is 1110 g/mol. The maximum atomic E-state index is 13.2. The van der Waals surface area contributed by atoms with Crippen molar-refractivity contribution < 1.29 is 54.3 Å². The Bertz CT molecular complexity index is 2310. The van der Waals surface area contributed by atoms with Crippen LogP contribution in [0.1, 0.15) is 66.2 Å². The number of hydrogen-bond donors (Lipinski definition) is 5. The van der Waals surface area contributed by atoms with Gasteiger partial charge in [0.2, 0.25) is 5.91 Å². The summed E-state index contributed by atoms with van der Waals surface area (Å²) in [7, 11) is 7.82. The van der Waals surface area contributed by atoms with Crippen molar-refractivity contribution in [1.29, 1.82) is 0 Å². The van der Waals surface area contributed by atoms with Gasteiger partial charge in [-0.1, -0.05) is 53.0 Å². The van der Waals surface area contributed by atoms with Crippen LogP contribution < -0.4 is 10.6 Å². The zero-order chi connectivity index (χ0) is 49.0. The zero-order valence-electron chi connectivity index (χ0n) is 40.1.